The fourth-order valence-electron chi connectivity index (χ4n) is 1.92. The van der Waals surface area contributed by atoms with Crippen molar-refractivity contribution in [1.29, 1.82) is 0 Å². The van der Waals surface area contributed by atoms with Gasteiger partial charge in [0.05, 0.1) is 29.7 Å². The molecule has 1 fully saturated rings. The monoisotopic (exact) mass is 236 g/mol. The third kappa shape index (κ3) is 2.12. The highest BCUT2D eigenvalue weighted by Gasteiger charge is 2.30. The molecular weight excluding hydrogens is 224 g/mol. The molecule has 1 amide bonds. The molecule has 0 saturated carbocycles. The van der Waals surface area contributed by atoms with E-state index in [1.54, 1.807) is 13.0 Å². The first-order chi connectivity index (χ1) is 7.99. The highest BCUT2D eigenvalue weighted by atomic mass is 16.6. The smallest absolute Gasteiger partial charge is 0.271 e. The van der Waals surface area contributed by atoms with Crippen molar-refractivity contribution >= 4 is 17.3 Å². The largest absolute Gasteiger partial charge is 0.391 e. The van der Waals surface area contributed by atoms with Crippen molar-refractivity contribution in [3.63, 3.8) is 0 Å². The third-order valence-corrected chi connectivity index (χ3v) is 2.80. The van der Waals surface area contributed by atoms with Crippen molar-refractivity contribution in [3.05, 3.63) is 33.9 Å². The predicted molar refractivity (Wildman–Crippen MR) is 60.8 cm³/mol. The second-order valence-corrected chi connectivity index (χ2v) is 4.09. The molecule has 2 rings (SSSR count). The van der Waals surface area contributed by atoms with Crippen LogP contribution < -0.4 is 4.90 Å². The number of β-amino-alcohol motifs (C(OH)–C–C–N with tert-alkyl or cyclic N) is 1. The van der Waals surface area contributed by atoms with Crippen molar-refractivity contribution in [3.8, 4) is 0 Å². The zero-order valence-corrected chi connectivity index (χ0v) is 9.29. The molecule has 1 saturated heterocycles. The summed E-state index contributed by atoms with van der Waals surface area (Å²) < 4.78 is 0. The van der Waals surface area contributed by atoms with Crippen molar-refractivity contribution < 1.29 is 14.8 Å². The van der Waals surface area contributed by atoms with E-state index in [0.29, 0.717) is 5.69 Å². The molecule has 17 heavy (non-hydrogen) atoms. The highest BCUT2D eigenvalue weighted by molar-refractivity contribution is 5.97. The Balaban J connectivity index is 2.41. The number of aliphatic hydroxyl groups excluding tert-OH is 1. The molecule has 6 heteroatoms. The average molecular weight is 236 g/mol. The molecule has 0 bridgehead atoms. The third-order valence-electron chi connectivity index (χ3n) is 2.80. The number of amides is 1. The summed E-state index contributed by atoms with van der Waals surface area (Å²) in [6.07, 6.45) is -0.622. The number of nitro benzene ring substituents is 1. The molecule has 1 unspecified atom stereocenters. The summed E-state index contributed by atoms with van der Waals surface area (Å²) in [6, 6.07) is 4.37. The van der Waals surface area contributed by atoms with E-state index in [1.807, 2.05) is 0 Å². The van der Waals surface area contributed by atoms with E-state index in [0.717, 1.165) is 5.56 Å². The van der Waals surface area contributed by atoms with E-state index in [9.17, 15) is 20.0 Å². The van der Waals surface area contributed by atoms with Gasteiger partial charge >= 0.3 is 0 Å². The first-order valence-electron chi connectivity index (χ1n) is 5.22. The van der Waals surface area contributed by atoms with Crippen LogP contribution in [0.15, 0.2) is 18.2 Å². The van der Waals surface area contributed by atoms with Crippen molar-refractivity contribution in [1.82, 2.24) is 0 Å². The molecule has 1 N–H and O–H groups in total. The van der Waals surface area contributed by atoms with Crippen LogP contribution in [0.25, 0.3) is 0 Å². The maximum atomic E-state index is 11.6. The first kappa shape index (κ1) is 11.5. The average Bonchev–Trinajstić information content (AvgIpc) is 2.58. The molecule has 90 valence electrons. The van der Waals surface area contributed by atoms with Crippen LogP contribution in [0.2, 0.25) is 0 Å². The lowest BCUT2D eigenvalue weighted by Gasteiger charge is -2.17. The van der Waals surface area contributed by atoms with Crippen LogP contribution >= 0.6 is 0 Å². The molecular formula is C11H12N2O4. The van der Waals surface area contributed by atoms with Crippen LogP contribution in [-0.4, -0.2) is 28.6 Å². The van der Waals surface area contributed by atoms with Crippen molar-refractivity contribution in [2.75, 3.05) is 11.4 Å². The maximum absolute atomic E-state index is 11.6. The van der Waals surface area contributed by atoms with Gasteiger partial charge in [0.2, 0.25) is 5.91 Å². The fraction of sp³-hybridized carbons (Fsp3) is 0.364. The number of hydrogen-bond acceptors (Lipinski definition) is 4. The lowest BCUT2D eigenvalue weighted by Crippen LogP contribution is -2.26. The predicted octanol–water partition coefficient (Wildman–Crippen LogP) is 1.00. The summed E-state index contributed by atoms with van der Waals surface area (Å²) >= 11 is 0. The molecule has 0 aliphatic carbocycles. The first-order valence-corrected chi connectivity index (χ1v) is 5.22. The number of nitrogens with zero attached hydrogens (tertiary/aromatic N) is 2. The SMILES string of the molecule is Cc1ccc([N+](=O)[O-])cc1N1CC(O)CC1=O. The number of anilines is 1. The number of carbonyl (C=O) groups is 1. The molecule has 1 aromatic carbocycles. The summed E-state index contributed by atoms with van der Waals surface area (Å²) in [5.41, 5.74) is 1.22. The molecule has 6 nitrogen and oxygen atoms in total. The van der Waals surface area contributed by atoms with Gasteiger partial charge < -0.3 is 10.0 Å². The lowest BCUT2D eigenvalue weighted by atomic mass is 10.1. The molecule has 1 atom stereocenters. The van der Waals surface area contributed by atoms with E-state index in [4.69, 9.17) is 0 Å². The number of rotatable bonds is 2. The molecule has 0 radical (unpaired) electrons. The van der Waals surface area contributed by atoms with E-state index < -0.39 is 11.0 Å². The Bertz CT molecular complexity index is 486. The fourth-order valence-corrected chi connectivity index (χ4v) is 1.92. The Kier molecular flexibility index (Phi) is 2.81. The standard InChI is InChI=1S/C11H12N2O4/c1-7-2-3-8(13(16)17)4-10(7)12-6-9(14)5-11(12)15/h2-4,9,14H,5-6H2,1H3. The van der Waals surface area contributed by atoms with Gasteiger partial charge in [-0.1, -0.05) is 6.07 Å². The molecule has 1 aliphatic rings. The van der Waals surface area contributed by atoms with Gasteiger partial charge in [0, 0.05) is 12.1 Å². The Morgan fingerprint density at radius 3 is 2.76 bits per heavy atom. The Hall–Kier alpha value is -1.95. The van der Waals surface area contributed by atoms with Crippen LogP contribution in [0.5, 0.6) is 0 Å². The molecule has 1 heterocycles. The van der Waals surface area contributed by atoms with Crippen molar-refractivity contribution in [2.45, 2.75) is 19.4 Å². The topological polar surface area (TPSA) is 83.7 Å². The Morgan fingerprint density at radius 2 is 2.24 bits per heavy atom. The van der Waals surface area contributed by atoms with Crippen LogP contribution in [0.1, 0.15) is 12.0 Å². The maximum Gasteiger partial charge on any atom is 0.271 e. The van der Waals surface area contributed by atoms with Gasteiger partial charge in [-0.05, 0) is 12.5 Å². The number of carbonyl (C=O) groups excluding carboxylic acids is 1. The number of aliphatic hydroxyl groups is 1. The minimum atomic E-state index is -0.693. The molecule has 1 aromatic rings. The van der Waals surface area contributed by atoms with Gasteiger partial charge in [0.1, 0.15) is 0 Å². The van der Waals surface area contributed by atoms with E-state index in [1.165, 1.54) is 17.0 Å². The summed E-state index contributed by atoms with van der Waals surface area (Å²) in [5.74, 6) is -0.207. The number of aryl methyl sites for hydroxylation is 1. The zero-order chi connectivity index (χ0) is 12.6. The van der Waals surface area contributed by atoms with Gasteiger partial charge in [0.25, 0.3) is 5.69 Å². The quantitative estimate of drug-likeness (QED) is 0.613. The van der Waals surface area contributed by atoms with Crippen LogP contribution in [0, 0.1) is 17.0 Å². The van der Waals surface area contributed by atoms with Gasteiger partial charge in [-0.3, -0.25) is 14.9 Å². The number of benzene rings is 1. The molecule has 0 aromatic heterocycles. The van der Waals surface area contributed by atoms with E-state index in [-0.39, 0.29) is 24.6 Å². The van der Waals surface area contributed by atoms with Gasteiger partial charge in [-0.25, -0.2) is 0 Å². The summed E-state index contributed by atoms with van der Waals surface area (Å²) in [4.78, 5) is 23.2. The molecule has 0 spiro atoms. The van der Waals surface area contributed by atoms with Crippen LogP contribution in [0.4, 0.5) is 11.4 Å². The number of hydrogen-bond donors (Lipinski definition) is 1. The van der Waals surface area contributed by atoms with Crippen LogP contribution in [-0.2, 0) is 4.79 Å². The minimum Gasteiger partial charge on any atom is -0.391 e. The lowest BCUT2D eigenvalue weighted by molar-refractivity contribution is -0.384. The number of nitro groups is 1. The second kappa shape index (κ2) is 4.14. The minimum absolute atomic E-state index is 0.0558. The zero-order valence-electron chi connectivity index (χ0n) is 9.29. The molecule has 1 aliphatic heterocycles. The van der Waals surface area contributed by atoms with Gasteiger partial charge in [-0.15, -0.1) is 0 Å². The Morgan fingerprint density at radius 1 is 1.53 bits per heavy atom. The second-order valence-electron chi connectivity index (χ2n) is 4.09. The van der Waals surface area contributed by atoms with E-state index >= 15 is 0 Å². The van der Waals surface area contributed by atoms with E-state index in [2.05, 4.69) is 0 Å². The summed E-state index contributed by atoms with van der Waals surface area (Å²) in [6.45, 7) is 1.97. The normalized spacial score (nSPS) is 19.8. The highest BCUT2D eigenvalue weighted by Crippen LogP contribution is 2.28. The van der Waals surface area contributed by atoms with Crippen molar-refractivity contribution in [2.24, 2.45) is 0 Å². The number of non-ortho nitro benzene ring substituents is 1. The summed E-state index contributed by atoms with van der Waals surface area (Å²) in [5, 5.41) is 20.1. The van der Waals surface area contributed by atoms with Crippen LogP contribution in [0.3, 0.4) is 0 Å². The summed E-state index contributed by atoms with van der Waals surface area (Å²) in [7, 11) is 0. The Labute approximate surface area is 97.6 Å². The van der Waals surface area contributed by atoms with Gasteiger partial charge in [0.15, 0.2) is 0 Å². The van der Waals surface area contributed by atoms with Gasteiger partial charge in [-0.2, -0.15) is 0 Å².